The molecule has 1 fully saturated rings. The average molecular weight is 230 g/mol. The quantitative estimate of drug-likeness (QED) is 0.432. The van der Waals surface area contributed by atoms with Crippen LogP contribution in [0.4, 0.5) is 0 Å². The van der Waals surface area contributed by atoms with Crippen molar-refractivity contribution in [2.45, 2.75) is 37.8 Å². The van der Waals surface area contributed by atoms with Gasteiger partial charge in [-0.15, -0.1) is 0 Å². The standard InChI is InChI=1S/C10H18N2O4/c13-6-4-8(10(15)16)12-9(14)3-5-11-7-1-2-7/h7-8,11,13H,1-6H2,(H,12,14)(H,15,16). The van der Waals surface area contributed by atoms with Crippen LogP contribution in [0.25, 0.3) is 0 Å². The Bertz CT molecular complexity index is 253. The first kappa shape index (κ1) is 12.9. The summed E-state index contributed by atoms with van der Waals surface area (Å²) in [5.41, 5.74) is 0. The predicted octanol–water partition coefficient (Wildman–Crippen LogP) is -0.920. The van der Waals surface area contributed by atoms with Gasteiger partial charge in [-0.2, -0.15) is 0 Å². The number of carboxylic acid groups (broad SMARTS) is 1. The molecular weight excluding hydrogens is 212 g/mol. The van der Waals surface area contributed by atoms with Crippen LogP contribution in [0.3, 0.4) is 0 Å². The van der Waals surface area contributed by atoms with E-state index in [1.807, 2.05) is 0 Å². The first-order valence-electron chi connectivity index (χ1n) is 5.50. The molecule has 1 rings (SSSR count). The highest BCUT2D eigenvalue weighted by Gasteiger charge is 2.21. The van der Waals surface area contributed by atoms with E-state index in [2.05, 4.69) is 10.6 Å². The zero-order valence-electron chi connectivity index (χ0n) is 9.11. The molecule has 1 atom stereocenters. The van der Waals surface area contributed by atoms with Crippen molar-refractivity contribution in [3.8, 4) is 0 Å². The molecule has 6 nitrogen and oxygen atoms in total. The summed E-state index contributed by atoms with van der Waals surface area (Å²) in [5.74, 6) is -1.41. The number of carbonyl (C=O) groups excluding carboxylic acids is 1. The number of aliphatic carboxylic acids is 1. The van der Waals surface area contributed by atoms with Crippen molar-refractivity contribution in [3.63, 3.8) is 0 Å². The number of amides is 1. The Balaban J connectivity index is 2.15. The number of nitrogens with one attached hydrogen (secondary N) is 2. The zero-order valence-corrected chi connectivity index (χ0v) is 9.11. The van der Waals surface area contributed by atoms with Crippen LogP contribution in [0.1, 0.15) is 25.7 Å². The van der Waals surface area contributed by atoms with E-state index < -0.39 is 12.0 Å². The second-order valence-electron chi connectivity index (χ2n) is 3.95. The van der Waals surface area contributed by atoms with Gasteiger partial charge in [-0.05, 0) is 12.8 Å². The molecule has 0 radical (unpaired) electrons. The topological polar surface area (TPSA) is 98.7 Å². The summed E-state index contributed by atoms with van der Waals surface area (Å²) >= 11 is 0. The first-order valence-corrected chi connectivity index (χ1v) is 5.50. The molecule has 0 bridgehead atoms. The highest BCUT2D eigenvalue weighted by molar-refractivity contribution is 5.83. The molecule has 1 aliphatic carbocycles. The average Bonchev–Trinajstić information content (AvgIpc) is 3.01. The molecule has 1 aliphatic rings. The van der Waals surface area contributed by atoms with Crippen molar-refractivity contribution < 1.29 is 19.8 Å². The Morgan fingerprint density at radius 3 is 2.56 bits per heavy atom. The van der Waals surface area contributed by atoms with Crippen LogP contribution < -0.4 is 10.6 Å². The van der Waals surface area contributed by atoms with Crippen LogP contribution in [0.5, 0.6) is 0 Å². The minimum atomic E-state index is -1.11. The van der Waals surface area contributed by atoms with Gasteiger partial charge in [0.15, 0.2) is 0 Å². The molecule has 0 aromatic heterocycles. The maximum absolute atomic E-state index is 11.3. The molecule has 0 aromatic rings. The van der Waals surface area contributed by atoms with Crippen LogP contribution in [-0.4, -0.2) is 47.3 Å². The lowest BCUT2D eigenvalue weighted by Gasteiger charge is -2.13. The molecular formula is C10H18N2O4. The maximum Gasteiger partial charge on any atom is 0.326 e. The highest BCUT2D eigenvalue weighted by Crippen LogP contribution is 2.18. The van der Waals surface area contributed by atoms with Gasteiger partial charge < -0.3 is 20.8 Å². The Kier molecular flexibility index (Phi) is 5.21. The molecule has 1 amide bonds. The lowest BCUT2D eigenvalue weighted by Crippen LogP contribution is -2.42. The van der Waals surface area contributed by atoms with Gasteiger partial charge in [-0.25, -0.2) is 4.79 Å². The third-order valence-corrected chi connectivity index (χ3v) is 2.41. The number of rotatable bonds is 8. The summed E-state index contributed by atoms with van der Waals surface area (Å²) in [7, 11) is 0. The van der Waals surface area contributed by atoms with Crippen LogP contribution in [0.2, 0.25) is 0 Å². The minimum absolute atomic E-state index is 0.0388. The van der Waals surface area contributed by atoms with E-state index in [4.69, 9.17) is 10.2 Å². The molecule has 0 heterocycles. The van der Waals surface area contributed by atoms with E-state index in [-0.39, 0.29) is 25.4 Å². The second-order valence-corrected chi connectivity index (χ2v) is 3.95. The number of hydrogen-bond acceptors (Lipinski definition) is 4. The van der Waals surface area contributed by atoms with Crippen molar-refractivity contribution >= 4 is 11.9 Å². The summed E-state index contributed by atoms with van der Waals surface area (Å²) in [6.45, 7) is 0.319. The number of aliphatic hydroxyl groups is 1. The summed E-state index contributed by atoms with van der Waals surface area (Å²) in [4.78, 5) is 22.0. The molecule has 6 heteroatoms. The number of carboxylic acids is 1. The SMILES string of the molecule is O=C(CCNC1CC1)NC(CCO)C(=O)O. The van der Waals surface area contributed by atoms with Gasteiger partial charge in [0, 0.05) is 32.0 Å². The lowest BCUT2D eigenvalue weighted by molar-refractivity contribution is -0.142. The summed E-state index contributed by atoms with van der Waals surface area (Å²) in [6.07, 6.45) is 2.62. The van der Waals surface area contributed by atoms with Crippen molar-refractivity contribution in [2.75, 3.05) is 13.2 Å². The molecule has 4 N–H and O–H groups in total. The van der Waals surface area contributed by atoms with Crippen molar-refractivity contribution in [2.24, 2.45) is 0 Å². The lowest BCUT2D eigenvalue weighted by atomic mass is 10.2. The molecule has 16 heavy (non-hydrogen) atoms. The first-order chi connectivity index (χ1) is 7.63. The van der Waals surface area contributed by atoms with E-state index in [1.165, 1.54) is 0 Å². The fourth-order valence-electron chi connectivity index (χ4n) is 1.33. The largest absolute Gasteiger partial charge is 0.480 e. The van der Waals surface area contributed by atoms with Crippen LogP contribution >= 0.6 is 0 Å². The molecule has 0 aliphatic heterocycles. The fraction of sp³-hybridized carbons (Fsp3) is 0.800. The number of aliphatic hydroxyl groups excluding tert-OH is 1. The predicted molar refractivity (Wildman–Crippen MR) is 56.9 cm³/mol. The monoisotopic (exact) mass is 230 g/mol. The van der Waals surface area contributed by atoms with Gasteiger partial charge in [0.05, 0.1) is 0 Å². The third-order valence-electron chi connectivity index (χ3n) is 2.41. The third kappa shape index (κ3) is 5.09. The molecule has 0 aromatic carbocycles. The normalized spacial score (nSPS) is 16.8. The molecule has 92 valence electrons. The Morgan fingerprint density at radius 2 is 2.06 bits per heavy atom. The van der Waals surface area contributed by atoms with Crippen LogP contribution in [0.15, 0.2) is 0 Å². The van der Waals surface area contributed by atoms with Gasteiger partial charge in [0.1, 0.15) is 6.04 Å². The van der Waals surface area contributed by atoms with E-state index in [0.717, 1.165) is 12.8 Å². The van der Waals surface area contributed by atoms with Gasteiger partial charge in [0.2, 0.25) is 5.91 Å². The maximum atomic E-state index is 11.3. The van der Waals surface area contributed by atoms with E-state index >= 15 is 0 Å². The minimum Gasteiger partial charge on any atom is -0.480 e. The van der Waals surface area contributed by atoms with Crippen LogP contribution in [-0.2, 0) is 9.59 Å². The summed E-state index contributed by atoms with van der Waals surface area (Å²) < 4.78 is 0. The van der Waals surface area contributed by atoms with Crippen molar-refractivity contribution in [1.29, 1.82) is 0 Å². The van der Waals surface area contributed by atoms with E-state index in [1.54, 1.807) is 0 Å². The zero-order chi connectivity index (χ0) is 12.0. The Hall–Kier alpha value is -1.14. The van der Waals surface area contributed by atoms with Gasteiger partial charge >= 0.3 is 5.97 Å². The highest BCUT2D eigenvalue weighted by atomic mass is 16.4. The number of carbonyl (C=O) groups is 2. The molecule has 0 saturated heterocycles. The molecule has 1 unspecified atom stereocenters. The second kappa shape index (κ2) is 6.44. The smallest absolute Gasteiger partial charge is 0.326 e. The molecule has 1 saturated carbocycles. The van der Waals surface area contributed by atoms with Crippen molar-refractivity contribution in [1.82, 2.24) is 10.6 Å². The van der Waals surface area contributed by atoms with Crippen LogP contribution in [0, 0.1) is 0 Å². The summed E-state index contributed by atoms with van der Waals surface area (Å²) in [6, 6.07) is -0.445. The Morgan fingerprint density at radius 1 is 1.38 bits per heavy atom. The Labute approximate surface area is 94.0 Å². The van der Waals surface area contributed by atoms with E-state index in [0.29, 0.717) is 12.6 Å². The summed E-state index contributed by atoms with van der Waals surface area (Å²) in [5, 5.41) is 22.9. The fourth-order valence-corrected chi connectivity index (χ4v) is 1.33. The number of hydrogen-bond donors (Lipinski definition) is 4. The van der Waals surface area contributed by atoms with Gasteiger partial charge in [0.25, 0.3) is 0 Å². The van der Waals surface area contributed by atoms with E-state index in [9.17, 15) is 9.59 Å². The van der Waals surface area contributed by atoms with Gasteiger partial charge in [-0.1, -0.05) is 0 Å². The van der Waals surface area contributed by atoms with Crippen molar-refractivity contribution in [3.05, 3.63) is 0 Å². The van der Waals surface area contributed by atoms with Gasteiger partial charge in [-0.3, -0.25) is 4.79 Å². The molecule has 0 spiro atoms.